The number of hydrogen-bond acceptors (Lipinski definition) is 2. The number of alkyl halides is 3. The molecule has 0 fully saturated rings. The average Bonchev–Trinajstić information content (AvgIpc) is 2.36. The number of carbonyl (C=O) groups is 1. The maximum Gasteiger partial charge on any atom is 0.433 e. The van der Waals surface area contributed by atoms with Gasteiger partial charge in [-0.2, -0.15) is 13.2 Å². The van der Waals surface area contributed by atoms with Crippen LogP contribution in [0, 0.1) is 5.82 Å². The lowest BCUT2D eigenvalue weighted by molar-refractivity contribution is -0.141. The standard InChI is InChI=1S/C13H5BrClF4NO/c14-6-1-2-7(9(16)5-6)11(21)8-3-4-10(13(17,18)19)20-12(8)15/h1-5H. The molecule has 0 N–H and O–H groups in total. The van der Waals surface area contributed by atoms with Crippen molar-refractivity contribution in [2.75, 3.05) is 0 Å². The van der Waals surface area contributed by atoms with Gasteiger partial charge in [0.2, 0.25) is 0 Å². The largest absolute Gasteiger partial charge is 0.433 e. The van der Waals surface area contributed by atoms with Crippen molar-refractivity contribution in [3.63, 3.8) is 0 Å². The second-order valence-electron chi connectivity index (χ2n) is 3.99. The number of pyridine rings is 1. The smallest absolute Gasteiger partial charge is 0.288 e. The Kier molecular flexibility index (Phi) is 4.34. The van der Waals surface area contributed by atoms with Gasteiger partial charge in [-0.25, -0.2) is 9.37 Å². The molecular formula is C13H5BrClF4NO. The molecule has 0 saturated carbocycles. The molecule has 0 aliphatic heterocycles. The van der Waals surface area contributed by atoms with Crippen molar-refractivity contribution in [2.24, 2.45) is 0 Å². The number of rotatable bonds is 2. The fourth-order valence-corrected chi connectivity index (χ4v) is 2.15. The van der Waals surface area contributed by atoms with Crippen LogP contribution in [0.3, 0.4) is 0 Å². The first-order chi connectivity index (χ1) is 9.70. The summed E-state index contributed by atoms with van der Waals surface area (Å²) in [7, 11) is 0. The van der Waals surface area contributed by atoms with Crippen molar-refractivity contribution in [3.05, 3.63) is 62.6 Å². The van der Waals surface area contributed by atoms with Gasteiger partial charge in [0, 0.05) is 4.47 Å². The normalized spacial score (nSPS) is 11.5. The van der Waals surface area contributed by atoms with Crippen LogP contribution in [0.1, 0.15) is 21.6 Å². The van der Waals surface area contributed by atoms with E-state index in [1.165, 1.54) is 12.1 Å². The van der Waals surface area contributed by atoms with Crippen molar-refractivity contribution in [2.45, 2.75) is 6.18 Å². The van der Waals surface area contributed by atoms with Crippen LogP contribution in [0.25, 0.3) is 0 Å². The number of halogens is 6. The number of hydrogen-bond donors (Lipinski definition) is 0. The van der Waals surface area contributed by atoms with E-state index in [2.05, 4.69) is 20.9 Å². The van der Waals surface area contributed by atoms with E-state index in [0.29, 0.717) is 10.5 Å². The molecule has 0 bridgehead atoms. The van der Waals surface area contributed by atoms with Crippen LogP contribution >= 0.6 is 27.5 Å². The van der Waals surface area contributed by atoms with Gasteiger partial charge < -0.3 is 0 Å². The number of aromatic nitrogens is 1. The van der Waals surface area contributed by atoms with Gasteiger partial charge in [-0.3, -0.25) is 4.79 Å². The van der Waals surface area contributed by atoms with E-state index in [-0.39, 0.29) is 11.1 Å². The van der Waals surface area contributed by atoms with Gasteiger partial charge in [0.25, 0.3) is 0 Å². The van der Waals surface area contributed by atoms with E-state index < -0.39 is 28.6 Å². The maximum atomic E-state index is 13.7. The molecule has 0 saturated heterocycles. The fourth-order valence-electron chi connectivity index (χ4n) is 1.58. The Morgan fingerprint density at radius 1 is 1.14 bits per heavy atom. The van der Waals surface area contributed by atoms with Crippen LogP contribution in [0.5, 0.6) is 0 Å². The zero-order chi connectivity index (χ0) is 15.8. The molecule has 110 valence electrons. The summed E-state index contributed by atoms with van der Waals surface area (Å²) in [5.74, 6) is -1.66. The van der Waals surface area contributed by atoms with Gasteiger partial charge in [0.15, 0.2) is 5.78 Å². The molecule has 2 nitrogen and oxygen atoms in total. The van der Waals surface area contributed by atoms with Crippen molar-refractivity contribution in [1.29, 1.82) is 0 Å². The molecule has 2 rings (SSSR count). The van der Waals surface area contributed by atoms with E-state index >= 15 is 0 Å². The third kappa shape index (κ3) is 3.41. The molecule has 0 spiro atoms. The zero-order valence-electron chi connectivity index (χ0n) is 10.0. The van der Waals surface area contributed by atoms with E-state index in [1.54, 1.807) is 0 Å². The highest BCUT2D eigenvalue weighted by Crippen LogP contribution is 2.30. The van der Waals surface area contributed by atoms with E-state index in [0.717, 1.165) is 12.1 Å². The van der Waals surface area contributed by atoms with Crippen LogP contribution < -0.4 is 0 Å². The zero-order valence-corrected chi connectivity index (χ0v) is 12.4. The third-order valence-corrected chi connectivity index (χ3v) is 3.34. The molecule has 0 unspecified atom stereocenters. The highest BCUT2D eigenvalue weighted by molar-refractivity contribution is 9.10. The average molecular weight is 383 g/mol. The molecule has 0 aliphatic rings. The summed E-state index contributed by atoms with van der Waals surface area (Å²) in [6, 6.07) is 5.20. The number of benzene rings is 1. The van der Waals surface area contributed by atoms with Gasteiger partial charge in [-0.1, -0.05) is 27.5 Å². The van der Waals surface area contributed by atoms with Crippen molar-refractivity contribution < 1.29 is 22.4 Å². The van der Waals surface area contributed by atoms with Crippen LogP contribution in [-0.4, -0.2) is 10.8 Å². The molecule has 2 aromatic rings. The summed E-state index contributed by atoms with van der Waals surface area (Å²) in [5.41, 5.74) is -1.83. The predicted molar refractivity (Wildman–Crippen MR) is 71.8 cm³/mol. The van der Waals surface area contributed by atoms with Crippen molar-refractivity contribution in [1.82, 2.24) is 4.98 Å². The second-order valence-corrected chi connectivity index (χ2v) is 5.26. The minimum absolute atomic E-state index is 0.300. The summed E-state index contributed by atoms with van der Waals surface area (Å²) in [5, 5.41) is -0.628. The second kappa shape index (κ2) is 5.73. The molecule has 1 heterocycles. The Balaban J connectivity index is 2.45. The van der Waals surface area contributed by atoms with Crippen molar-refractivity contribution >= 4 is 33.3 Å². The summed E-state index contributed by atoms with van der Waals surface area (Å²) in [6.45, 7) is 0. The minimum atomic E-state index is -4.67. The minimum Gasteiger partial charge on any atom is -0.288 e. The van der Waals surface area contributed by atoms with Crippen molar-refractivity contribution in [3.8, 4) is 0 Å². The highest BCUT2D eigenvalue weighted by Gasteiger charge is 2.33. The third-order valence-electron chi connectivity index (χ3n) is 2.56. The fraction of sp³-hybridized carbons (Fsp3) is 0.0769. The topological polar surface area (TPSA) is 30.0 Å². The molecular weight excluding hydrogens is 377 g/mol. The number of nitrogens with zero attached hydrogens (tertiary/aromatic N) is 1. The monoisotopic (exact) mass is 381 g/mol. The van der Waals surface area contributed by atoms with E-state index in [4.69, 9.17) is 11.6 Å². The first-order valence-corrected chi connectivity index (χ1v) is 6.60. The quantitative estimate of drug-likeness (QED) is 0.421. The molecule has 21 heavy (non-hydrogen) atoms. The summed E-state index contributed by atoms with van der Waals surface area (Å²) < 4.78 is 51.5. The lowest BCUT2D eigenvalue weighted by Crippen LogP contribution is -2.11. The van der Waals surface area contributed by atoms with Gasteiger partial charge in [-0.15, -0.1) is 0 Å². The number of carbonyl (C=O) groups excluding carboxylic acids is 1. The lowest BCUT2D eigenvalue weighted by Gasteiger charge is -2.09. The highest BCUT2D eigenvalue weighted by atomic mass is 79.9. The maximum absolute atomic E-state index is 13.7. The van der Waals surface area contributed by atoms with Gasteiger partial charge in [0.05, 0.1) is 11.1 Å². The number of ketones is 1. The molecule has 8 heteroatoms. The Morgan fingerprint density at radius 2 is 1.76 bits per heavy atom. The summed E-state index contributed by atoms with van der Waals surface area (Å²) in [4.78, 5) is 15.2. The first-order valence-electron chi connectivity index (χ1n) is 5.43. The van der Waals surface area contributed by atoms with Crippen LogP contribution in [0.4, 0.5) is 17.6 Å². The van der Waals surface area contributed by atoms with E-state index in [9.17, 15) is 22.4 Å². The predicted octanol–water partition coefficient (Wildman–Crippen LogP) is 4.89. The summed E-state index contributed by atoms with van der Waals surface area (Å²) >= 11 is 8.63. The Hall–Kier alpha value is -1.47. The van der Waals surface area contributed by atoms with Crippen LogP contribution in [-0.2, 0) is 6.18 Å². The lowest BCUT2D eigenvalue weighted by atomic mass is 10.0. The van der Waals surface area contributed by atoms with Gasteiger partial charge in [-0.05, 0) is 30.3 Å². The van der Waals surface area contributed by atoms with E-state index in [1.807, 2.05) is 0 Å². The van der Waals surface area contributed by atoms with Crippen LogP contribution in [0.15, 0.2) is 34.8 Å². The molecule has 0 amide bonds. The first kappa shape index (κ1) is 15.9. The Labute approximate surface area is 129 Å². The Morgan fingerprint density at radius 3 is 2.29 bits per heavy atom. The van der Waals surface area contributed by atoms with Gasteiger partial charge >= 0.3 is 6.18 Å². The summed E-state index contributed by atoms with van der Waals surface area (Å²) in [6.07, 6.45) is -4.67. The SMILES string of the molecule is O=C(c1ccc(Br)cc1F)c1ccc(C(F)(F)F)nc1Cl. The molecule has 0 radical (unpaired) electrons. The van der Waals surface area contributed by atoms with Gasteiger partial charge in [0.1, 0.15) is 16.7 Å². The molecule has 1 aromatic carbocycles. The van der Waals surface area contributed by atoms with Crippen LogP contribution in [0.2, 0.25) is 5.15 Å². The molecule has 0 atom stereocenters. The Bertz CT molecular complexity index is 718. The molecule has 0 aliphatic carbocycles. The molecule has 1 aromatic heterocycles.